The lowest BCUT2D eigenvalue weighted by atomic mass is 10.1. The molecule has 0 radical (unpaired) electrons. The number of nitrogens with one attached hydrogen (secondary N) is 2. The minimum Gasteiger partial charge on any atom is -0.459 e. The molecule has 1 saturated heterocycles. The molecule has 2 heterocycles. The van der Waals surface area contributed by atoms with Crippen LogP contribution < -0.4 is 10.6 Å². The Morgan fingerprint density at radius 3 is 2.95 bits per heavy atom. The van der Waals surface area contributed by atoms with E-state index in [2.05, 4.69) is 40.4 Å². The largest absolute Gasteiger partial charge is 0.459 e. The van der Waals surface area contributed by atoms with Gasteiger partial charge in [-0.1, -0.05) is 18.2 Å². The summed E-state index contributed by atoms with van der Waals surface area (Å²) in [6, 6.07) is 8.16. The standard InChI is InChI=1S/C17H23N3OS/c1-12-14-7-3-4-8-15(14)21-16(12)11-20-17(18-2)19-10-13-6-5-9-22-13/h3-4,7-8,13H,5-6,9-11H2,1-2H3,(H2,18,19,20). The van der Waals surface area contributed by atoms with Crippen molar-refractivity contribution in [2.45, 2.75) is 31.6 Å². The second kappa shape index (κ2) is 7.09. The van der Waals surface area contributed by atoms with E-state index in [9.17, 15) is 0 Å². The monoisotopic (exact) mass is 317 g/mol. The van der Waals surface area contributed by atoms with Gasteiger partial charge in [0.15, 0.2) is 5.96 Å². The topological polar surface area (TPSA) is 49.6 Å². The molecule has 5 heteroatoms. The third-order valence-electron chi connectivity index (χ3n) is 4.10. The maximum atomic E-state index is 5.92. The average Bonchev–Trinajstić information content (AvgIpc) is 3.17. The van der Waals surface area contributed by atoms with Gasteiger partial charge in [0.05, 0.1) is 6.54 Å². The summed E-state index contributed by atoms with van der Waals surface area (Å²) in [5.41, 5.74) is 2.15. The molecule has 0 bridgehead atoms. The highest BCUT2D eigenvalue weighted by Crippen LogP contribution is 2.25. The van der Waals surface area contributed by atoms with E-state index in [0.717, 1.165) is 23.8 Å². The fraction of sp³-hybridized carbons (Fsp3) is 0.471. The first-order valence-electron chi connectivity index (χ1n) is 7.81. The molecule has 1 aromatic heterocycles. The Balaban J connectivity index is 1.58. The quantitative estimate of drug-likeness (QED) is 0.671. The number of hydrogen-bond donors (Lipinski definition) is 2. The molecule has 1 fully saturated rings. The fourth-order valence-electron chi connectivity index (χ4n) is 2.79. The number of fused-ring (bicyclic) bond motifs is 1. The van der Waals surface area contributed by atoms with Crippen molar-refractivity contribution >= 4 is 28.7 Å². The summed E-state index contributed by atoms with van der Waals surface area (Å²) >= 11 is 2.05. The van der Waals surface area contributed by atoms with Crippen molar-refractivity contribution in [3.63, 3.8) is 0 Å². The van der Waals surface area contributed by atoms with Crippen molar-refractivity contribution in [2.24, 2.45) is 4.99 Å². The lowest BCUT2D eigenvalue weighted by Crippen LogP contribution is -2.39. The van der Waals surface area contributed by atoms with Gasteiger partial charge < -0.3 is 15.1 Å². The molecule has 3 rings (SSSR count). The van der Waals surface area contributed by atoms with Gasteiger partial charge >= 0.3 is 0 Å². The molecule has 0 spiro atoms. The van der Waals surface area contributed by atoms with Crippen LogP contribution in [0.1, 0.15) is 24.2 Å². The normalized spacial score (nSPS) is 18.8. The van der Waals surface area contributed by atoms with Crippen molar-refractivity contribution in [3.8, 4) is 0 Å². The number of aliphatic imine (C=N–C) groups is 1. The van der Waals surface area contributed by atoms with E-state index >= 15 is 0 Å². The number of furan rings is 1. The first-order valence-corrected chi connectivity index (χ1v) is 8.86. The molecular formula is C17H23N3OS. The van der Waals surface area contributed by atoms with Gasteiger partial charge in [-0.05, 0) is 31.6 Å². The van der Waals surface area contributed by atoms with E-state index in [1.54, 1.807) is 0 Å². The van der Waals surface area contributed by atoms with Crippen LogP contribution in [0.4, 0.5) is 0 Å². The van der Waals surface area contributed by atoms with Crippen LogP contribution in [0.15, 0.2) is 33.7 Å². The smallest absolute Gasteiger partial charge is 0.191 e. The Morgan fingerprint density at radius 1 is 1.36 bits per heavy atom. The van der Waals surface area contributed by atoms with Crippen LogP contribution in [0, 0.1) is 6.92 Å². The molecule has 118 valence electrons. The summed E-state index contributed by atoms with van der Waals surface area (Å²) in [6.07, 6.45) is 2.64. The van der Waals surface area contributed by atoms with Crippen LogP contribution in [-0.2, 0) is 6.54 Å². The Kier molecular flexibility index (Phi) is 4.93. The zero-order valence-corrected chi connectivity index (χ0v) is 14.0. The highest BCUT2D eigenvalue weighted by Gasteiger charge is 2.16. The lowest BCUT2D eigenvalue weighted by Gasteiger charge is -2.14. The van der Waals surface area contributed by atoms with Crippen LogP contribution in [-0.4, -0.2) is 30.6 Å². The summed E-state index contributed by atoms with van der Waals surface area (Å²) in [5, 5.41) is 8.66. The molecule has 1 aliphatic heterocycles. The van der Waals surface area contributed by atoms with Crippen molar-refractivity contribution in [1.82, 2.24) is 10.6 Å². The fourth-order valence-corrected chi connectivity index (χ4v) is 4.00. The van der Waals surface area contributed by atoms with Gasteiger partial charge in [-0.15, -0.1) is 0 Å². The van der Waals surface area contributed by atoms with Crippen LogP contribution in [0.5, 0.6) is 0 Å². The minimum atomic E-state index is 0.651. The number of para-hydroxylation sites is 1. The zero-order valence-electron chi connectivity index (χ0n) is 13.2. The van der Waals surface area contributed by atoms with Gasteiger partial charge in [0.25, 0.3) is 0 Å². The molecule has 1 aromatic carbocycles. The molecule has 0 amide bonds. The van der Waals surface area contributed by atoms with E-state index in [1.165, 1.54) is 29.5 Å². The number of rotatable bonds is 4. The Labute approximate surface area is 135 Å². The van der Waals surface area contributed by atoms with Gasteiger partial charge in [-0.25, -0.2) is 0 Å². The zero-order chi connectivity index (χ0) is 15.4. The molecule has 4 nitrogen and oxygen atoms in total. The van der Waals surface area contributed by atoms with Crippen molar-refractivity contribution in [2.75, 3.05) is 19.3 Å². The number of benzene rings is 1. The molecule has 1 aliphatic rings. The third kappa shape index (κ3) is 3.40. The Morgan fingerprint density at radius 2 is 2.23 bits per heavy atom. The Bertz CT molecular complexity index is 659. The lowest BCUT2D eigenvalue weighted by molar-refractivity contribution is 0.534. The molecule has 0 saturated carbocycles. The molecule has 2 aromatic rings. The third-order valence-corrected chi connectivity index (χ3v) is 5.50. The number of aryl methyl sites for hydroxylation is 1. The molecular weight excluding hydrogens is 294 g/mol. The van der Waals surface area contributed by atoms with E-state index in [0.29, 0.717) is 11.8 Å². The molecule has 1 unspecified atom stereocenters. The molecule has 1 atom stereocenters. The van der Waals surface area contributed by atoms with Crippen molar-refractivity contribution in [3.05, 3.63) is 35.6 Å². The van der Waals surface area contributed by atoms with E-state index in [4.69, 9.17) is 4.42 Å². The van der Waals surface area contributed by atoms with Crippen LogP contribution >= 0.6 is 11.8 Å². The predicted molar refractivity (Wildman–Crippen MR) is 94.6 cm³/mol. The molecule has 0 aliphatic carbocycles. The van der Waals surface area contributed by atoms with E-state index in [-0.39, 0.29) is 0 Å². The van der Waals surface area contributed by atoms with Crippen molar-refractivity contribution < 1.29 is 4.42 Å². The van der Waals surface area contributed by atoms with E-state index < -0.39 is 0 Å². The highest BCUT2D eigenvalue weighted by molar-refractivity contribution is 8.00. The van der Waals surface area contributed by atoms with E-state index in [1.807, 2.05) is 25.2 Å². The van der Waals surface area contributed by atoms with Crippen LogP contribution in [0.2, 0.25) is 0 Å². The van der Waals surface area contributed by atoms with Gasteiger partial charge in [-0.2, -0.15) is 11.8 Å². The van der Waals surface area contributed by atoms with Crippen LogP contribution in [0.3, 0.4) is 0 Å². The summed E-state index contributed by atoms with van der Waals surface area (Å²) < 4.78 is 5.92. The van der Waals surface area contributed by atoms with Gasteiger partial charge in [0, 0.05) is 29.8 Å². The SMILES string of the molecule is CN=C(NCc1oc2ccccc2c1C)NCC1CCCS1. The van der Waals surface area contributed by atoms with Gasteiger partial charge in [0.1, 0.15) is 11.3 Å². The maximum absolute atomic E-state index is 5.92. The second-order valence-electron chi connectivity index (χ2n) is 5.59. The summed E-state index contributed by atoms with van der Waals surface area (Å²) in [6.45, 7) is 3.73. The number of nitrogens with zero attached hydrogens (tertiary/aromatic N) is 1. The van der Waals surface area contributed by atoms with Crippen molar-refractivity contribution in [1.29, 1.82) is 0 Å². The summed E-state index contributed by atoms with van der Waals surface area (Å²) in [5.74, 6) is 3.10. The highest BCUT2D eigenvalue weighted by atomic mass is 32.2. The van der Waals surface area contributed by atoms with Crippen LogP contribution in [0.25, 0.3) is 11.0 Å². The first-order chi connectivity index (χ1) is 10.8. The number of guanidine groups is 1. The molecule has 2 N–H and O–H groups in total. The minimum absolute atomic E-state index is 0.651. The first kappa shape index (κ1) is 15.3. The molecule has 22 heavy (non-hydrogen) atoms. The van der Waals surface area contributed by atoms with Gasteiger partial charge in [-0.3, -0.25) is 4.99 Å². The Hall–Kier alpha value is -1.62. The summed E-state index contributed by atoms with van der Waals surface area (Å²) in [4.78, 5) is 4.29. The number of thioether (sulfide) groups is 1. The number of hydrogen-bond acceptors (Lipinski definition) is 3. The summed E-state index contributed by atoms with van der Waals surface area (Å²) in [7, 11) is 1.81. The van der Waals surface area contributed by atoms with Gasteiger partial charge in [0.2, 0.25) is 0 Å². The maximum Gasteiger partial charge on any atom is 0.191 e. The predicted octanol–water partition coefficient (Wildman–Crippen LogP) is 3.30. The second-order valence-corrected chi connectivity index (χ2v) is 7.00. The average molecular weight is 317 g/mol.